The fourth-order valence-electron chi connectivity index (χ4n) is 1.72. The second-order valence-electron chi connectivity index (χ2n) is 4.18. The van der Waals surface area contributed by atoms with Gasteiger partial charge in [0.1, 0.15) is 10.6 Å². The van der Waals surface area contributed by atoms with E-state index in [1.165, 1.54) is 11.3 Å². The Morgan fingerprint density at radius 2 is 2.05 bits per heavy atom. The summed E-state index contributed by atoms with van der Waals surface area (Å²) < 4.78 is 5.11. The summed E-state index contributed by atoms with van der Waals surface area (Å²) in [6.07, 6.45) is 0. The number of carbonyl (C=O) groups excluding carboxylic acids is 1. The third kappa shape index (κ3) is 3.21. The van der Waals surface area contributed by atoms with Gasteiger partial charge < -0.3 is 21.1 Å². The number of nitrogen functional groups attached to an aromatic ring is 1. The molecule has 0 unspecified atom stereocenters. The Morgan fingerprint density at radius 1 is 1.35 bits per heavy atom. The van der Waals surface area contributed by atoms with Gasteiger partial charge in [0, 0.05) is 13.6 Å². The van der Waals surface area contributed by atoms with E-state index in [4.69, 9.17) is 10.5 Å². The van der Waals surface area contributed by atoms with Gasteiger partial charge in [0.25, 0.3) is 5.91 Å². The Balaban J connectivity index is 2.01. The second kappa shape index (κ2) is 6.29. The van der Waals surface area contributed by atoms with Crippen LogP contribution in [0.3, 0.4) is 0 Å². The van der Waals surface area contributed by atoms with Gasteiger partial charge in [0.05, 0.1) is 17.8 Å². The van der Waals surface area contributed by atoms with E-state index in [-0.39, 0.29) is 5.91 Å². The van der Waals surface area contributed by atoms with Gasteiger partial charge in [0.2, 0.25) is 0 Å². The van der Waals surface area contributed by atoms with Crippen LogP contribution in [0.15, 0.2) is 30.3 Å². The third-order valence-corrected chi connectivity index (χ3v) is 3.93. The summed E-state index contributed by atoms with van der Waals surface area (Å²) in [6.45, 7) is 0.664. The summed E-state index contributed by atoms with van der Waals surface area (Å²) in [7, 11) is 3.23. The number of nitrogens with two attached hydrogens (primary N) is 1. The van der Waals surface area contributed by atoms with Crippen molar-refractivity contribution in [2.45, 2.75) is 6.54 Å². The first kappa shape index (κ1) is 14.2. The van der Waals surface area contributed by atoms with E-state index in [1.807, 2.05) is 24.3 Å². The van der Waals surface area contributed by atoms with E-state index in [0.29, 0.717) is 17.1 Å². The number of thiophene rings is 1. The maximum absolute atomic E-state index is 11.6. The van der Waals surface area contributed by atoms with Crippen LogP contribution in [0.25, 0.3) is 0 Å². The molecule has 0 aliphatic carbocycles. The van der Waals surface area contributed by atoms with Crippen molar-refractivity contribution < 1.29 is 9.53 Å². The van der Waals surface area contributed by atoms with Crippen molar-refractivity contribution in [2.24, 2.45) is 0 Å². The normalized spacial score (nSPS) is 10.1. The molecule has 5 nitrogen and oxygen atoms in total. The van der Waals surface area contributed by atoms with E-state index in [0.717, 1.165) is 16.3 Å². The third-order valence-electron chi connectivity index (χ3n) is 2.82. The Bertz CT molecular complexity index is 593. The molecule has 6 heteroatoms. The number of methoxy groups -OCH3 is 1. The molecule has 1 heterocycles. The lowest BCUT2D eigenvalue weighted by Gasteiger charge is -2.05. The Labute approximate surface area is 121 Å². The standard InChI is InChI=1S/C14H17N3O2S/c1-16-14(18)13-11(15)7-12(20-13)17-8-9-3-5-10(19-2)6-4-9/h3-7,17H,8,15H2,1-2H3,(H,16,18). The average molecular weight is 291 g/mol. The molecule has 1 aromatic heterocycles. The van der Waals surface area contributed by atoms with Crippen molar-refractivity contribution in [2.75, 3.05) is 25.2 Å². The minimum atomic E-state index is -0.162. The number of hydrogen-bond donors (Lipinski definition) is 3. The number of anilines is 2. The summed E-state index contributed by atoms with van der Waals surface area (Å²) in [4.78, 5) is 12.1. The van der Waals surface area contributed by atoms with Crippen LogP contribution < -0.4 is 21.1 Å². The topological polar surface area (TPSA) is 76.4 Å². The number of benzene rings is 1. The minimum absolute atomic E-state index is 0.162. The molecule has 1 aromatic carbocycles. The number of carbonyl (C=O) groups is 1. The van der Waals surface area contributed by atoms with Crippen LogP contribution in [-0.4, -0.2) is 20.1 Å². The Kier molecular flexibility index (Phi) is 4.47. The van der Waals surface area contributed by atoms with Crippen molar-refractivity contribution in [3.8, 4) is 5.75 Å². The SMILES string of the molecule is CNC(=O)c1sc(NCc2ccc(OC)cc2)cc1N. The molecule has 1 amide bonds. The molecule has 2 aromatic rings. The molecule has 0 saturated carbocycles. The molecule has 106 valence electrons. The summed E-state index contributed by atoms with van der Waals surface area (Å²) in [5, 5.41) is 6.70. The van der Waals surface area contributed by atoms with Gasteiger partial charge in [0.15, 0.2) is 0 Å². The predicted octanol–water partition coefficient (Wildman–Crippen LogP) is 2.31. The molecule has 0 spiro atoms. The van der Waals surface area contributed by atoms with Crippen LogP contribution in [-0.2, 0) is 6.54 Å². The van der Waals surface area contributed by atoms with E-state index < -0.39 is 0 Å². The van der Waals surface area contributed by atoms with Crippen LogP contribution >= 0.6 is 11.3 Å². The van der Waals surface area contributed by atoms with Gasteiger partial charge in [-0.25, -0.2) is 0 Å². The quantitative estimate of drug-likeness (QED) is 0.790. The Hall–Kier alpha value is -2.21. The summed E-state index contributed by atoms with van der Waals surface area (Å²) >= 11 is 1.35. The highest BCUT2D eigenvalue weighted by Crippen LogP contribution is 2.29. The Morgan fingerprint density at radius 3 is 2.65 bits per heavy atom. The zero-order valence-corrected chi connectivity index (χ0v) is 12.2. The smallest absolute Gasteiger partial charge is 0.263 e. The number of rotatable bonds is 5. The summed E-state index contributed by atoms with van der Waals surface area (Å²) in [6, 6.07) is 9.58. The van der Waals surface area contributed by atoms with Gasteiger partial charge >= 0.3 is 0 Å². The van der Waals surface area contributed by atoms with E-state index >= 15 is 0 Å². The molecular formula is C14H17N3O2S. The van der Waals surface area contributed by atoms with Gasteiger partial charge in [-0.15, -0.1) is 11.3 Å². The van der Waals surface area contributed by atoms with Crippen molar-refractivity contribution in [3.05, 3.63) is 40.8 Å². The zero-order valence-electron chi connectivity index (χ0n) is 11.4. The molecule has 0 aliphatic rings. The highest BCUT2D eigenvalue weighted by Gasteiger charge is 2.12. The van der Waals surface area contributed by atoms with Crippen molar-refractivity contribution in [3.63, 3.8) is 0 Å². The van der Waals surface area contributed by atoms with E-state index in [1.54, 1.807) is 20.2 Å². The van der Waals surface area contributed by atoms with Crippen LogP contribution in [0.4, 0.5) is 10.7 Å². The molecule has 2 rings (SSSR count). The van der Waals surface area contributed by atoms with Crippen molar-refractivity contribution in [1.82, 2.24) is 5.32 Å². The van der Waals surface area contributed by atoms with Crippen LogP contribution in [0.5, 0.6) is 5.75 Å². The van der Waals surface area contributed by atoms with Gasteiger partial charge in [-0.1, -0.05) is 12.1 Å². The van der Waals surface area contributed by atoms with Crippen LogP contribution in [0.2, 0.25) is 0 Å². The molecule has 4 N–H and O–H groups in total. The molecule has 0 bridgehead atoms. The maximum atomic E-state index is 11.6. The van der Waals surface area contributed by atoms with Gasteiger partial charge in [-0.3, -0.25) is 4.79 Å². The van der Waals surface area contributed by atoms with Crippen molar-refractivity contribution >= 4 is 27.9 Å². The fraction of sp³-hybridized carbons (Fsp3) is 0.214. The fourth-order valence-corrected chi connectivity index (χ4v) is 2.64. The molecule has 0 aliphatic heterocycles. The van der Waals surface area contributed by atoms with Gasteiger partial charge in [-0.05, 0) is 23.8 Å². The molecule has 0 radical (unpaired) electrons. The first-order valence-electron chi connectivity index (χ1n) is 6.12. The largest absolute Gasteiger partial charge is 0.497 e. The molecule has 0 atom stereocenters. The number of nitrogens with one attached hydrogen (secondary N) is 2. The lowest BCUT2D eigenvalue weighted by atomic mass is 10.2. The van der Waals surface area contributed by atoms with Crippen molar-refractivity contribution in [1.29, 1.82) is 0 Å². The zero-order chi connectivity index (χ0) is 14.5. The molecular weight excluding hydrogens is 274 g/mol. The highest BCUT2D eigenvalue weighted by molar-refractivity contribution is 7.18. The highest BCUT2D eigenvalue weighted by atomic mass is 32.1. The summed E-state index contributed by atoms with van der Waals surface area (Å²) in [5.41, 5.74) is 7.43. The van der Waals surface area contributed by atoms with Crippen LogP contribution in [0.1, 0.15) is 15.2 Å². The van der Waals surface area contributed by atoms with E-state index in [9.17, 15) is 4.79 Å². The molecule has 0 saturated heterocycles. The monoisotopic (exact) mass is 291 g/mol. The van der Waals surface area contributed by atoms with E-state index in [2.05, 4.69) is 10.6 Å². The summed E-state index contributed by atoms with van der Waals surface area (Å²) in [5.74, 6) is 0.668. The van der Waals surface area contributed by atoms with Crippen LogP contribution in [0, 0.1) is 0 Å². The number of ether oxygens (including phenoxy) is 1. The minimum Gasteiger partial charge on any atom is -0.497 e. The first-order chi connectivity index (χ1) is 9.63. The maximum Gasteiger partial charge on any atom is 0.263 e. The average Bonchev–Trinajstić information content (AvgIpc) is 2.86. The number of amides is 1. The molecule has 20 heavy (non-hydrogen) atoms. The van der Waals surface area contributed by atoms with Gasteiger partial charge in [-0.2, -0.15) is 0 Å². The lowest BCUT2D eigenvalue weighted by molar-refractivity contribution is 0.0968. The second-order valence-corrected chi connectivity index (χ2v) is 5.23. The first-order valence-corrected chi connectivity index (χ1v) is 6.94. The predicted molar refractivity (Wildman–Crippen MR) is 82.4 cm³/mol. The lowest BCUT2D eigenvalue weighted by Crippen LogP contribution is -2.17. The molecule has 0 fully saturated rings. The number of hydrogen-bond acceptors (Lipinski definition) is 5.